The van der Waals surface area contributed by atoms with Crippen molar-refractivity contribution in [2.75, 3.05) is 13.1 Å². The van der Waals surface area contributed by atoms with Gasteiger partial charge >= 0.3 is 0 Å². The van der Waals surface area contributed by atoms with Gasteiger partial charge in [0.2, 0.25) is 0 Å². The lowest BCUT2D eigenvalue weighted by Gasteiger charge is -2.27. The van der Waals surface area contributed by atoms with Crippen LogP contribution in [0.4, 0.5) is 0 Å². The molecule has 0 amide bonds. The molecule has 0 bridgehead atoms. The zero-order chi connectivity index (χ0) is 15.5. The third-order valence-corrected chi connectivity index (χ3v) is 3.29. The van der Waals surface area contributed by atoms with Crippen molar-refractivity contribution in [1.29, 1.82) is 0 Å². The fourth-order valence-electron chi connectivity index (χ4n) is 2.47. The van der Waals surface area contributed by atoms with Gasteiger partial charge in [-0.2, -0.15) is 5.10 Å². The third-order valence-electron chi connectivity index (χ3n) is 3.29. The normalized spacial score (nSPS) is 12.1. The summed E-state index contributed by atoms with van der Waals surface area (Å²) in [6.45, 7) is 8.04. The first-order valence-electron chi connectivity index (χ1n) is 7.26. The summed E-state index contributed by atoms with van der Waals surface area (Å²) >= 11 is 0. The Hall–Kier alpha value is -1.72. The molecule has 21 heavy (non-hydrogen) atoms. The van der Waals surface area contributed by atoms with E-state index in [1.807, 2.05) is 50.1 Å². The highest BCUT2D eigenvalue weighted by Gasteiger charge is 2.19. The molecule has 0 aliphatic carbocycles. The topological polar surface area (TPSA) is 54.2 Å². The van der Waals surface area contributed by atoms with Crippen LogP contribution in [0.25, 0.3) is 11.3 Å². The zero-order valence-electron chi connectivity index (χ0n) is 13.2. The number of rotatable bonds is 6. The van der Waals surface area contributed by atoms with Gasteiger partial charge in [0.25, 0.3) is 0 Å². The molecular formula is C16H24N4O. The number of hydrogen-bond acceptors (Lipinski definition) is 4. The van der Waals surface area contributed by atoms with Crippen LogP contribution < -0.4 is 0 Å². The highest BCUT2D eigenvalue weighted by atomic mass is 16.3. The van der Waals surface area contributed by atoms with E-state index in [1.165, 1.54) is 0 Å². The lowest BCUT2D eigenvalue weighted by Crippen LogP contribution is -2.38. The number of nitrogens with zero attached hydrogens (tertiary/aromatic N) is 4. The lowest BCUT2D eigenvalue weighted by molar-refractivity contribution is 0.0354. The van der Waals surface area contributed by atoms with Crippen LogP contribution in [0.1, 0.15) is 26.3 Å². The summed E-state index contributed by atoms with van der Waals surface area (Å²) in [4.78, 5) is 6.39. The molecule has 2 aromatic rings. The number of aliphatic hydroxyl groups is 1. The predicted octanol–water partition coefficient (Wildman–Crippen LogP) is 2.07. The Morgan fingerprint density at radius 2 is 2.14 bits per heavy atom. The number of aryl methyl sites for hydroxylation is 1. The molecular weight excluding hydrogens is 264 g/mol. The molecule has 0 aromatic carbocycles. The third kappa shape index (κ3) is 4.37. The van der Waals surface area contributed by atoms with Crippen LogP contribution in [0, 0.1) is 0 Å². The molecule has 2 aromatic heterocycles. The largest absolute Gasteiger partial charge is 0.389 e. The van der Waals surface area contributed by atoms with Crippen molar-refractivity contribution >= 4 is 0 Å². The Morgan fingerprint density at radius 1 is 1.38 bits per heavy atom. The van der Waals surface area contributed by atoms with Gasteiger partial charge in [-0.1, -0.05) is 6.92 Å². The first-order chi connectivity index (χ1) is 9.89. The van der Waals surface area contributed by atoms with E-state index in [1.54, 1.807) is 6.20 Å². The molecule has 0 spiro atoms. The quantitative estimate of drug-likeness (QED) is 0.884. The highest BCUT2D eigenvalue weighted by molar-refractivity contribution is 5.61. The Balaban J connectivity index is 2.24. The Morgan fingerprint density at radius 3 is 2.71 bits per heavy atom. The van der Waals surface area contributed by atoms with E-state index in [4.69, 9.17) is 0 Å². The molecule has 0 fully saturated rings. The van der Waals surface area contributed by atoms with Gasteiger partial charge in [-0.3, -0.25) is 14.6 Å². The number of pyridine rings is 1. The van der Waals surface area contributed by atoms with Gasteiger partial charge in [-0.25, -0.2) is 0 Å². The number of hydrogen-bond donors (Lipinski definition) is 1. The monoisotopic (exact) mass is 288 g/mol. The van der Waals surface area contributed by atoms with Crippen molar-refractivity contribution < 1.29 is 5.11 Å². The molecule has 0 saturated heterocycles. The van der Waals surface area contributed by atoms with Crippen molar-refractivity contribution in [3.05, 3.63) is 36.3 Å². The van der Waals surface area contributed by atoms with Gasteiger partial charge in [0, 0.05) is 49.9 Å². The second kappa shape index (κ2) is 6.37. The Labute approximate surface area is 126 Å². The molecule has 1 N–H and O–H groups in total. The average Bonchev–Trinajstić information content (AvgIpc) is 2.78. The van der Waals surface area contributed by atoms with Crippen molar-refractivity contribution in [2.45, 2.75) is 32.9 Å². The first-order valence-corrected chi connectivity index (χ1v) is 7.26. The van der Waals surface area contributed by atoms with Gasteiger partial charge < -0.3 is 5.11 Å². The SMILES string of the molecule is CCN(Cc1cn(C)nc1-c1cccnc1)CC(C)(C)O. The minimum atomic E-state index is -0.702. The standard InChI is InChI=1S/C16H24N4O/c1-5-20(12-16(2,3)21)11-14-10-19(4)18-15(14)13-7-6-8-17-9-13/h6-10,21H,5,11-12H2,1-4H3. The van der Waals surface area contributed by atoms with Crippen molar-refractivity contribution in [2.24, 2.45) is 7.05 Å². The van der Waals surface area contributed by atoms with Crippen LogP contribution in [-0.2, 0) is 13.6 Å². The summed E-state index contributed by atoms with van der Waals surface area (Å²) in [6, 6.07) is 3.94. The Bertz CT molecular complexity index is 572. The molecule has 0 saturated carbocycles. The zero-order valence-corrected chi connectivity index (χ0v) is 13.2. The van der Waals surface area contributed by atoms with Gasteiger partial charge in [0.1, 0.15) is 0 Å². The van der Waals surface area contributed by atoms with E-state index >= 15 is 0 Å². The number of aromatic nitrogens is 3. The van der Waals surface area contributed by atoms with Crippen LogP contribution in [0.5, 0.6) is 0 Å². The summed E-state index contributed by atoms with van der Waals surface area (Å²) in [6.07, 6.45) is 5.63. The fraction of sp³-hybridized carbons (Fsp3) is 0.500. The summed E-state index contributed by atoms with van der Waals surface area (Å²) in [5.74, 6) is 0. The van der Waals surface area contributed by atoms with Crippen molar-refractivity contribution in [1.82, 2.24) is 19.7 Å². The second-order valence-corrected chi connectivity index (χ2v) is 6.03. The summed E-state index contributed by atoms with van der Waals surface area (Å²) in [5, 5.41) is 14.6. The number of likely N-dealkylation sites (N-methyl/N-ethyl adjacent to an activating group) is 1. The molecule has 0 aliphatic heterocycles. The fourth-order valence-corrected chi connectivity index (χ4v) is 2.47. The highest BCUT2D eigenvalue weighted by Crippen LogP contribution is 2.22. The molecule has 0 unspecified atom stereocenters. The maximum Gasteiger partial charge on any atom is 0.0983 e. The van der Waals surface area contributed by atoms with Crippen molar-refractivity contribution in [3.63, 3.8) is 0 Å². The summed E-state index contributed by atoms with van der Waals surface area (Å²) in [7, 11) is 1.93. The van der Waals surface area contributed by atoms with Gasteiger partial charge in [0.15, 0.2) is 0 Å². The average molecular weight is 288 g/mol. The van der Waals surface area contributed by atoms with Crippen LogP contribution in [-0.4, -0.2) is 43.5 Å². The minimum Gasteiger partial charge on any atom is -0.389 e. The van der Waals surface area contributed by atoms with E-state index in [9.17, 15) is 5.11 Å². The van der Waals surface area contributed by atoms with Crippen molar-refractivity contribution in [3.8, 4) is 11.3 Å². The first kappa shape index (κ1) is 15.7. The summed E-state index contributed by atoms with van der Waals surface area (Å²) < 4.78 is 1.83. The minimum absolute atomic E-state index is 0.630. The Kier molecular flexibility index (Phi) is 4.75. The second-order valence-electron chi connectivity index (χ2n) is 6.03. The van der Waals surface area contributed by atoms with Gasteiger partial charge in [-0.05, 0) is 32.5 Å². The molecule has 2 rings (SSSR count). The molecule has 0 radical (unpaired) electrons. The summed E-state index contributed by atoms with van der Waals surface area (Å²) in [5.41, 5.74) is 2.43. The van der Waals surface area contributed by atoms with Crippen LogP contribution >= 0.6 is 0 Å². The van der Waals surface area contributed by atoms with E-state index in [0.717, 1.165) is 29.9 Å². The van der Waals surface area contributed by atoms with E-state index in [2.05, 4.69) is 21.9 Å². The van der Waals surface area contributed by atoms with E-state index < -0.39 is 5.60 Å². The maximum absolute atomic E-state index is 10.0. The smallest absolute Gasteiger partial charge is 0.0983 e. The molecule has 0 aliphatic rings. The van der Waals surface area contributed by atoms with E-state index in [-0.39, 0.29) is 0 Å². The van der Waals surface area contributed by atoms with Gasteiger partial charge in [-0.15, -0.1) is 0 Å². The van der Waals surface area contributed by atoms with Crippen LogP contribution in [0.15, 0.2) is 30.7 Å². The van der Waals surface area contributed by atoms with Gasteiger partial charge in [0.05, 0.1) is 11.3 Å². The predicted molar refractivity (Wildman–Crippen MR) is 83.7 cm³/mol. The molecule has 5 heteroatoms. The molecule has 114 valence electrons. The van der Waals surface area contributed by atoms with E-state index in [0.29, 0.717) is 6.54 Å². The van der Waals surface area contributed by atoms with Crippen LogP contribution in [0.2, 0.25) is 0 Å². The molecule has 5 nitrogen and oxygen atoms in total. The van der Waals surface area contributed by atoms with Crippen LogP contribution in [0.3, 0.4) is 0 Å². The molecule has 0 atom stereocenters. The molecule has 2 heterocycles. The maximum atomic E-state index is 10.0. The lowest BCUT2D eigenvalue weighted by atomic mass is 10.1.